The van der Waals surface area contributed by atoms with Crippen LogP contribution in [0, 0.1) is 0 Å². The maximum atomic E-state index is 12.0. The summed E-state index contributed by atoms with van der Waals surface area (Å²) >= 11 is 5.35. The molecule has 3 rings (SSSR count). The Labute approximate surface area is 235 Å². The fourth-order valence-corrected chi connectivity index (χ4v) is 4.04. The van der Waals surface area contributed by atoms with E-state index in [0.29, 0.717) is 17.2 Å². The molecule has 0 radical (unpaired) electrons. The summed E-state index contributed by atoms with van der Waals surface area (Å²) in [6, 6.07) is 15.8. The van der Waals surface area contributed by atoms with Gasteiger partial charge in [0.25, 0.3) is 5.17 Å². The van der Waals surface area contributed by atoms with Gasteiger partial charge >= 0.3 is 23.9 Å². The van der Waals surface area contributed by atoms with Crippen LogP contribution in [-0.2, 0) is 42.9 Å². The maximum absolute atomic E-state index is 12.0. The molecule has 0 aromatic heterocycles. The zero-order chi connectivity index (χ0) is 29.2. The number of ether oxygens (including phenoxy) is 7. The van der Waals surface area contributed by atoms with Crippen LogP contribution in [0.3, 0.4) is 0 Å². The molecule has 214 valence electrons. The van der Waals surface area contributed by atoms with Crippen molar-refractivity contribution in [2.45, 2.75) is 58.3 Å². The van der Waals surface area contributed by atoms with E-state index < -0.39 is 54.5 Å². The molecule has 1 aliphatic heterocycles. The van der Waals surface area contributed by atoms with Gasteiger partial charge in [0.05, 0.1) is 0 Å². The van der Waals surface area contributed by atoms with Crippen LogP contribution < -0.4 is 14.8 Å². The number of esters is 4. The van der Waals surface area contributed by atoms with E-state index in [4.69, 9.17) is 45.4 Å². The summed E-state index contributed by atoms with van der Waals surface area (Å²) in [6.45, 7) is 4.22. The summed E-state index contributed by atoms with van der Waals surface area (Å²) < 4.78 is 38.7. The summed E-state index contributed by atoms with van der Waals surface area (Å²) in [5, 5.41) is 2.59. The molecular formula is C27H29NO11S. The number of hydrogen-bond donors (Lipinski definition) is 1. The highest BCUT2D eigenvalue weighted by Gasteiger charge is 2.52. The van der Waals surface area contributed by atoms with Gasteiger partial charge in [0.2, 0.25) is 0 Å². The summed E-state index contributed by atoms with van der Waals surface area (Å²) in [5.74, 6) is -1.43. The predicted octanol–water partition coefficient (Wildman–Crippen LogP) is 2.82. The molecule has 0 aliphatic carbocycles. The fourth-order valence-electron chi connectivity index (χ4n) is 3.82. The average Bonchev–Trinajstić information content (AvgIpc) is 2.86. The third kappa shape index (κ3) is 9.20. The number of hydrogen-bond acceptors (Lipinski definition) is 12. The van der Waals surface area contributed by atoms with Crippen LogP contribution >= 0.6 is 12.2 Å². The molecular weight excluding hydrogens is 546 g/mol. The van der Waals surface area contributed by atoms with Crippen LogP contribution in [0.25, 0.3) is 0 Å². The summed E-state index contributed by atoms with van der Waals surface area (Å²) in [7, 11) is 0. The van der Waals surface area contributed by atoms with Crippen LogP contribution in [0.4, 0.5) is 0 Å². The number of rotatable bonds is 9. The highest BCUT2D eigenvalue weighted by molar-refractivity contribution is 7.80. The van der Waals surface area contributed by atoms with Gasteiger partial charge in [0, 0.05) is 33.8 Å². The van der Waals surface area contributed by atoms with E-state index in [9.17, 15) is 19.2 Å². The number of nitrogens with one attached hydrogen (secondary N) is 1. The van der Waals surface area contributed by atoms with Gasteiger partial charge in [-0.2, -0.15) is 0 Å². The topological polar surface area (TPSA) is 145 Å². The molecule has 0 bridgehead atoms. The Morgan fingerprint density at radius 3 is 1.95 bits per heavy atom. The molecule has 0 amide bonds. The molecule has 1 heterocycles. The Bertz CT molecular complexity index is 1220. The molecule has 1 saturated heterocycles. The molecule has 1 N–H and O–H groups in total. The molecule has 5 atom stereocenters. The van der Waals surface area contributed by atoms with Gasteiger partial charge in [-0.05, 0) is 36.5 Å². The lowest BCUT2D eigenvalue weighted by molar-refractivity contribution is -0.255. The predicted molar refractivity (Wildman–Crippen MR) is 141 cm³/mol. The molecule has 0 spiro atoms. The van der Waals surface area contributed by atoms with E-state index in [1.807, 2.05) is 18.2 Å². The average molecular weight is 576 g/mol. The lowest BCUT2D eigenvalue weighted by atomic mass is 9.97. The van der Waals surface area contributed by atoms with E-state index >= 15 is 0 Å². The molecule has 0 saturated carbocycles. The first-order valence-electron chi connectivity index (χ1n) is 12.1. The summed E-state index contributed by atoms with van der Waals surface area (Å²) in [6.07, 6.45) is -6.37. The van der Waals surface area contributed by atoms with Gasteiger partial charge in [0.1, 0.15) is 30.0 Å². The number of benzene rings is 2. The lowest BCUT2D eigenvalue weighted by Gasteiger charge is -2.44. The van der Waals surface area contributed by atoms with E-state index in [1.54, 1.807) is 36.4 Å². The quantitative estimate of drug-likeness (QED) is 0.266. The van der Waals surface area contributed by atoms with Crippen LogP contribution in [0.1, 0.15) is 27.7 Å². The molecule has 13 heteroatoms. The van der Waals surface area contributed by atoms with Gasteiger partial charge in [-0.25, -0.2) is 0 Å². The Balaban J connectivity index is 1.83. The molecule has 40 heavy (non-hydrogen) atoms. The number of para-hydroxylation sites is 1. The third-order valence-electron chi connectivity index (χ3n) is 5.25. The first kappa shape index (κ1) is 30.3. The van der Waals surface area contributed by atoms with Gasteiger partial charge in [-0.1, -0.05) is 24.3 Å². The largest absolute Gasteiger partial charge is 0.463 e. The van der Waals surface area contributed by atoms with Crippen molar-refractivity contribution in [3.05, 3.63) is 54.6 Å². The Morgan fingerprint density at radius 2 is 1.32 bits per heavy atom. The van der Waals surface area contributed by atoms with Crippen LogP contribution in [0.5, 0.6) is 17.2 Å². The van der Waals surface area contributed by atoms with Gasteiger partial charge in [0.15, 0.2) is 24.5 Å². The highest BCUT2D eigenvalue weighted by atomic mass is 32.1. The van der Waals surface area contributed by atoms with Crippen LogP contribution in [0.2, 0.25) is 0 Å². The van der Waals surface area contributed by atoms with Crippen molar-refractivity contribution in [1.29, 1.82) is 0 Å². The SMILES string of the molecule is CC(=O)OC[C@@H]1O[C@H](NC(=S)Oc2cccc(Oc3ccccc3)c2)[C@H](OC(C)=O)[C@@H](OC(C)=O)[C@H]1OC(C)=O. The molecule has 1 aliphatic rings. The maximum Gasteiger partial charge on any atom is 0.303 e. The van der Waals surface area contributed by atoms with Gasteiger partial charge in [-0.3, -0.25) is 19.2 Å². The van der Waals surface area contributed by atoms with Gasteiger partial charge < -0.3 is 38.5 Å². The molecule has 2 aromatic rings. The normalized spacial score (nSPS) is 21.8. The second-order valence-corrected chi connectivity index (χ2v) is 8.91. The van der Waals surface area contributed by atoms with Gasteiger partial charge in [-0.15, -0.1) is 0 Å². The van der Waals surface area contributed by atoms with Crippen LogP contribution in [-0.4, -0.2) is 66.3 Å². The van der Waals surface area contributed by atoms with Crippen molar-refractivity contribution in [1.82, 2.24) is 5.32 Å². The minimum absolute atomic E-state index is 0.197. The van der Waals surface area contributed by atoms with Crippen molar-refractivity contribution in [2.75, 3.05) is 6.61 Å². The Kier molecular flexibility index (Phi) is 10.8. The number of thiocarbonyl (C=S) groups is 1. The van der Waals surface area contributed by atoms with E-state index in [-0.39, 0.29) is 11.8 Å². The van der Waals surface area contributed by atoms with Crippen molar-refractivity contribution in [3.63, 3.8) is 0 Å². The zero-order valence-electron chi connectivity index (χ0n) is 22.2. The number of carbonyl (C=O) groups excluding carboxylic acids is 4. The fraction of sp³-hybridized carbons (Fsp3) is 0.370. The minimum atomic E-state index is -1.34. The van der Waals surface area contributed by atoms with E-state index in [2.05, 4.69) is 5.32 Å². The monoisotopic (exact) mass is 575 g/mol. The molecule has 2 aromatic carbocycles. The summed E-state index contributed by atoms with van der Waals surface area (Å²) in [5.41, 5.74) is 0. The van der Waals surface area contributed by atoms with Crippen molar-refractivity contribution >= 4 is 41.3 Å². The minimum Gasteiger partial charge on any atom is -0.463 e. The zero-order valence-corrected chi connectivity index (χ0v) is 23.0. The first-order valence-corrected chi connectivity index (χ1v) is 12.5. The standard InChI is InChI=1S/C27H29NO11S/c1-15(29)33-14-22-23(34-16(2)30)24(35-17(3)31)25(36-18(4)32)26(39-22)28-27(40)38-21-12-8-11-20(13-21)37-19-9-6-5-7-10-19/h5-13,22-26H,14H2,1-4H3,(H,28,40)/t22-,23-,24-,25+,26-/m0/s1. The Hall–Kier alpha value is -4.23. The van der Waals surface area contributed by atoms with Crippen molar-refractivity contribution in [3.8, 4) is 17.2 Å². The third-order valence-corrected chi connectivity index (χ3v) is 5.45. The van der Waals surface area contributed by atoms with Crippen molar-refractivity contribution < 1.29 is 52.3 Å². The number of carbonyl (C=O) groups is 4. The molecule has 12 nitrogen and oxygen atoms in total. The molecule has 0 unspecified atom stereocenters. The van der Waals surface area contributed by atoms with Crippen LogP contribution in [0.15, 0.2) is 54.6 Å². The molecule has 1 fully saturated rings. The van der Waals surface area contributed by atoms with Crippen molar-refractivity contribution in [2.24, 2.45) is 0 Å². The highest BCUT2D eigenvalue weighted by Crippen LogP contribution is 2.29. The Morgan fingerprint density at radius 1 is 0.750 bits per heavy atom. The smallest absolute Gasteiger partial charge is 0.303 e. The first-order chi connectivity index (χ1) is 19.0. The van der Waals surface area contributed by atoms with E-state index in [1.165, 1.54) is 6.92 Å². The summed E-state index contributed by atoms with van der Waals surface area (Å²) in [4.78, 5) is 47.3. The second kappa shape index (κ2) is 14.2. The second-order valence-electron chi connectivity index (χ2n) is 8.54. The van der Waals surface area contributed by atoms with E-state index in [0.717, 1.165) is 20.8 Å². The lowest BCUT2D eigenvalue weighted by Crippen LogP contribution is -2.66.